The summed E-state index contributed by atoms with van der Waals surface area (Å²) >= 11 is 5.29. The predicted octanol–water partition coefficient (Wildman–Crippen LogP) is 3.57. The highest BCUT2D eigenvalue weighted by atomic mass is 32.1. The van der Waals surface area contributed by atoms with Crippen LogP contribution in [0.5, 0.6) is 11.5 Å². The van der Waals surface area contributed by atoms with Gasteiger partial charge in [-0.3, -0.25) is 14.5 Å². The van der Waals surface area contributed by atoms with E-state index in [1.807, 2.05) is 49.4 Å². The molecule has 1 amide bonds. The molecular weight excluding hydrogens is 364 g/mol. The lowest BCUT2D eigenvalue weighted by molar-refractivity contribution is -0.116. The number of benzene rings is 2. The first-order chi connectivity index (χ1) is 13.0. The molecule has 27 heavy (non-hydrogen) atoms. The molecule has 7 nitrogen and oxygen atoms in total. The highest BCUT2D eigenvalue weighted by Crippen LogP contribution is 2.25. The van der Waals surface area contributed by atoms with E-state index in [4.69, 9.17) is 21.7 Å². The van der Waals surface area contributed by atoms with E-state index in [-0.39, 0.29) is 12.5 Å². The monoisotopic (exact) mass is 384 g/mol. The van der Waals surface area contributed by atoms with E-state index in [1.54, 1.807) is 18.8 Å². The van der Waals surface area contributed by atoms with Crippen LogP contribution < -0.4 is 14.8 Å². The summed E-state index contributed by atoms with van der Waals surface area (Å²) in [6.45, 7) is 1.97. The van der Waals surface area contributed by atoms with Crippen molar-refractivity contribution < 1.29 is 14.3 Å². The number of carbonyl (C=O) groups excluding carboxylic acids is 1. The van der Waals surface area contributed by atoms with Crippen LogP contribution in [0.2, 0.25) is 0 Å². The molecule has 2 N–H and O–H groups in total. The van der Waals surface area contributed by atoms with Crippen LogP contribution >= 0.6 is 12.2 Å². The molecule has 0 unspecified atom stereocenters. The van der Waals surface area contributed by atoms with Crippen molar-refractivity contribution in [3.05, 3.63) is 52.8 Å². The smallest absolute Gasteiger partial charge is 0.244 e. The number of anilines is 1. The zero-order valence-corrected chi connectivity index (χ0v) is 16.1. The SMILES string of the molecule is COc1ccc(-c2n[nH]c(=S)n2CC(=O)Nc2cc(C)ccc2OC)cc1. The summed E-state index contributed by atoms with van der Waals surface area (Å²) in [5, 5.41) is 9.87. The van der Waals surface area contributed by atoms with Gasteiger partial charge < -0.3 is 14.8 Å². The highest BCUT2D eigenvalue weighted by molar-refractivity contribution is 7.71. The maximum Gasteiger partial charge on any atom is 0.244 e. The minimum absolute atomic E-state index is 0.0216. The summed E-state index contributed by atoms with van der Waals surface area (Å²) in [7, 11) is 3.17. The van der Waals surface area contributed by atoms with Gasteiger partial charge >= 0.3 is 0 Å². The number of rotatable bonds is 6. The number of aryl methyl sites for hydroxylation is 1. The van der Waals surface area contributed by atoms with Crippen LogP contribution in [0.25, 0.3) is 11.4 Å². The van der Waals surface area contributed by atoms with Crippen LogP contribution in [0, 0.1) is 11.7 Å². The van der Waals surface area contributed by atoms with Gasteiger partial charge in [0.15, 0.2) is 10.6 Å². The highest BCUT2D eigenvalue weighted by Gasteiger charge is 2.14. The van der Waals surface area contributed by atoms with Crippen LogP contribution in [0.15, 0.2) is 42.5 Å². The molecule has 0 aliphatic heterocycles. The largest absolute Gasteiger partial charge is 0.497 e. The van der Waals surface area contributed by atoms with E-state index in [9.17, 15) is 4.79 Å². The number of aromatic amines is 1. The summed E-state index contributed by atoms with van der Waals surface area (Å²) in [6.07, 6.45) is 0. The van der Waals surface area contributed by atoms with E-state index in [0.29, 0.717) is 22.0 Å². The van der Waals surface area contributed by atoms with Gasteiger partial charge in [0, 0.05) is 5.56 Å². The van der Waals surface area contributed by atoms with Gasteiger partial charge in [0.25, 0.3) is 0 Å². The Hall–Kier alpha value is -3.13. The normalized spacial score (nSPS) is 10.5. The maximum absolute atomic E-state index is 12.6. The quantitative estimate of drug-likeness (QED) is 0.635. The van der Waals surface area contributed by atoms with Crippen LogP contribution in [-0.4, -0.2) is 34.9 Å². The Morgan fingerprint density at radius 2 is 1.93 bits per heavy atom. The average molecular weight is 384 g/mol. The molecule has 3 aromatic rings. The third-order valence-corrected chi connectivity index (χ3v) is 4.35. The lowest BCUT2D eigenvalue weighted by atomic mass is 10.2. The number of aromatic nitrogens is 3. The second-order valence-corrected chi connectivity index (χ2v) is 6.31. The first-order valence-electron chi connectivity index (χ1n) is 8.26. The number of H-pyrrole nitrogens is 1. The van der Waals surface area contributed by atoms with E-state index in [2.05, 4.69) is 15.5 Å². The zero-order valence-electron chi connectivity index (χ0n) is 15.3. The van der Waals surface area contributed by atoms with Crippen LogP contribution in [0.4, 0.5) is 5.69 Å². The van der Waals surface area contributed by atoms with Crippen molar-refractivity contribution in [3.63, 3.8) is 0 Å². The molecule has 0 bridgehead atoms. The van der Waals surface area contributed by atoms with E-state index in [1.165, 1.54) is 0 Å². The second-order valence-electron chi connectivity index (χ2n) is 5.92. The molecule has 0 fully saturated rings. The first kappa shape index (κ1) is 18.7. The fourth-order valence-corrected chi connectivity index (χ4v) is 2.87. The third-order valence-electron chi connectivity index (χ3n) is 4.04. The average Bonchev–Trinajstić information content (AvgIpc) is 3.02. The fraction of sp³-hybridized carbons (Fsp3) is 0.211. The van der Waals surface area contributed by atoms with Crippen LogP contribution in [0.3, 0.4) is 0 Å². The Morgan fingerprint density at radius 1 is 1.19 bits per heavy atom. The van der Waals surface area contributed by atoms with Gasteiger partial charge in [-0.05, 0) is 61.1 Å². The Bertz CT molecular complexity index is 1010. The lowest BCUT2D eigenvalue weighted by Gasteiger charge is -2.12. The number of amides is 1. The first-order valence-corrected chi connectivity index (χ1v) is 8.66. The standard InChI is InChI=1S/C19H20N4O3S/c1-12-4-9-16(26-3)15(10-12)20-17(24)11-23-18(21-22-19(23)27)13-5-7-14(25-2)8-6-13/h4-10H,11H2,1-3H3,(H,20,24)(H,22,27). The van der Waals surface area contributed by atoms with Gasteiger partial charge in [0.1, 0.15) is 18.0 Å². The number of ether oxygens (including phenoxy) is 2. The van der Waals surface area contributed by atoms with Gasteiger partial charge in [-0.25, -0.2) is 0 Å². The molecule has 1 heterocycles. The van der Waals surface area contributed by atoms with Crippen molar-refractivity contribution >= 4 is 23.8 Å². The Morgan fingerprint density at radius 3 is 2.59 bits per heavy atom. The second kappa shape index (κ2) is 8.05. The van der Waals surface area contributed by atoms with Crippen molar-refractivity contribution in [1.82, 2.24) is 14.8 Å². The minimum Gasteiger partial charge on any atom is -0.497 e. The number of nitrogens with zero attached hydrogens (tertiary/aromatic N) is 2. The Kier molecular flexibility index (Phi) is 5.56. The Balaban J connectivity index is 1.83. The number of hydrogen-bond donors (Lipinski definition) is 2. The summed E-state index contributed by atoms with van der Waals surface area (Å²) in [5.74, 6) is 1.68. The maximum atomic E-state index is 12.6. The molecule has 0 atom stereocenters. The van der Waals surface area contributed by atoms with Gasteiger partial charge in [0.2, 0.25) is 5.91 Å². The van der Waals surface area contributed by atoms with Gasteiger partial charge in [-0.1, -0.05) is 6.07 Å². The number of methoxy groups -OCH3 is 2. The number of carbonyl (C=O) groups is 1. The molecule has 3 rings (SSSR count). The molecule has 0 aliphatic rings. The molecular formula is C19H20N4O3S. The summed E-state index contributed by atoms with van der Waals surface area (Å²) < 4.78 is 12.5. The van der Waals surface area contributed by atoms with Gasteiger partial charge in [-0.15, -0.1) is 0 Å². The molecule has 0 aliphatic carbocycles. The Labute approximate surface area is 161 Å². The topological polar surface area (TPSA) is 81.2 Å². The van der Waals surface area contributed by atoms with Crippen molar-refractivity contribution in [2.45, 2.75) is 13.5 Å². The molecule has 140 valence electrons. The van der Waals surface area contributed by atoms with Crippen LogP contribution in [-0.2, 0) is 11.3 Å². The van der Waals surface area contributed by atoms with Gasteiger partial charge in [0.05, 0.1) is 19.9 Å². The van der Waals surface area contributed by atoms with E-state index >= 15 is 0 Å². The third kappa shape index (κ3) is 4.17. The summed E-state index contributed by atoms with van der Waals surface area (Å²) in [5.41, 5.74) is 2.46. The zero-order chi connectivity index (χ0) is 19.4. The molecule has 1 aromatic heterocycles. The molecule has 0 spiro atoms. The van der Waals surface area contributed by atoms with Crippen molar-refractivity contribution in [2.75, 3.05) is 19.5 Å². The lowest BCUT2D eigenvalue weighted by Crippen LogP contribution is -2.20. The predicted molar refractivity (Wildman–Crippen MR) is 106 cm³/mol. The molecule has 2 aromatic carbocycles. The number of nitrogens with one attached hydrogen (secondary N) is 2. The van der Waals surface area contributed by atoms with Gasteiger partial charge in [-0.2, -0.15) is 5.10 Å². The van der Waals surface area contributed by atoms with E-state index in [0.717, 1.165) is 16.9 Å². The fourth-order valence-electron chi connectivity index (χ4n) is 2.68. The molecule has 0 radical (unpaired) electrons. The molecule has 8 heteroatoms. The van der Waals surface area contributed by atoms with Crippen molar-refractivity contribution in [3.8, 4) is 22.9 Å². The molecule has 0 saturated heterocycles. The number of hydrogen-bond acceptors (Lipinski definition) is 5. The summed E-state index contributed by atoms with van der Waals surface area (Å²) in [6, 6.07) is 13.0. The van der Waals surface area contributed by atoms with Crippen molar-refractivity contribution in [1.29, 1.82) is 0 Å². The van der Waals surface area contributed by atoms with Crippen molar-refractivity contribution in [2.24, 2.45) is 0 Å². The van der Waals surface area contributed by atoms with Crippen LogP contribution in [0.1, 0.15) is 5.56 Å². The van der Waals surface area contributed by atoms with E-state index < -0.39 is 0 Å². The summed E-state index contributed by atoms with van der Waals surface area (Å²) in [4.78, 5) is 12.6. The minimum atomic E-state index is -0.230. The molecule has 0 saturated carbocycles.